The second-order valence-corrected chi connectivity index (χ2v) is 9.59. The maximum atomic E-state index is 13.8. The third-order valence-corrected chi connectivity index (χ3v) is 7.23. The van der Waals surface area contributed by atoms with Gasteiger partial charge in [-0.3, -0.25) is 9.59 Å². The van der Waals surface area contributed by atoms with Gasteiger partial charge in [0.15, 0.2) is 5.58 Å². The van der Waals surface area contributed by atoms with Crippen molar-refractivity contribution < 1.29 is 18.4 Å². The molecule has 7 heteroatoms. The van der Waals surface area contributed by atoms with Gasteiger partial charge >= 0.3 is 0 Å². The largest absolute Gasteiger partial charge is 0.463 e. The van der Waals surface area contributed by atoms with E-state index in [1.807, 2.05) is 17.6 Å². The van der Waals surface area contributed by atoms with Gasteiger partial charge in [-0.15, -0.1) is 0 Å². The number of aromatic nitrogens is 1. The molecule has 3 heterocycles. The summed E-state index contributed by atoms with van der Waals surface area (Å²) in [4.78, 5) is 29.1. The standard InChI is InChI=1S/C26H30FN3O3/c1-26(25(32)28-20-7-5-3-2-4-6-8-20)17-29-21-13-14-33-23(21)15-22(29)24(31)30(26)16-18-9-11-19(27)12-10-18/h9-15,20H,2-8,16-17H2,1H3,(H,28,32). The number of hydrogen-bond donors (Lipinski definition) is 1. The van der Waals surface area contributed by atoms with Crippen LogP contribution in [-0.2, 0) is 17.9 Å². The van der Waals surface area contributed by atoms with E-state index in [1.165, 1.54) is 31.4 Å². The Morgan fingerprint density at radius 2 is 1.82 bits per heavy atom. The van der Waals surface area contributed by atoms with Crippen molar-refractivity contribution in [3.05, 3.63) is 59.7 Å². The summed E-state index contributed by atoms with van der Waals surface area (Å²) in [5, 5.41) is 3.28. The predicted octanol–water partition coefficient (Wildman–Crippen LogP) is 5.02. The van der Waals surface area contributed by atoms with Crippen LogP contribution in [0, 0.1) is 5.82 Å². The van der Waals surface area contributed by atoms with Gasteiger partial charge in [0, 0.05) is 24.7 Å². The summed E-state index contributed by atoms with van der Waals surface area (Å²) < 4.78 is 20.9. The Kier molecular flexibility index (Phi) is 5.72. The van der Waals surface area contributed by atoms with Gasteiger partial charge < -0.3 is 19.2 Å². The van der Waals surface area contributed by atoms with E-state index in [-0.39, 0.29) is 30.2 Å². The van der Waals surface area contributed by atoms with Gasteiger partial charge in [0.05, 0.1) is 18.3 Å². The summed E-state index contributed by atoms with van der Waals surface area (Å²) in [6.07, 6.45) is 9.40. The number of benzene rings is 1. The molecule has 1 aromatic carbocycles. The lowest BCUT2D eigenvalue weighted by Gasteiger charge is -2.44. The van der Waals surface area contributed by atoms with E-state index in [4.69, 9.17) is 4.42 Å². The van der Waals surface area contributed by atoms with Crippen molar-refractivity contribution in [3.8, 4) is 0 Å². The molecule has 2 aromatic heterocycles. The van der Waals surface area contributed by atoms with E-state index in [0.717, 1.165) is 36.8 Å². The quantitative estimate of drug-likeness (QED) is 0.606. The minimum atomic E-state index is -1.09. The van der Waals surface area contributed by atoms with E-state index in [0.29, 0.717) is 17.8 Å². The number of hydrogen-bond acceptors (Lipinski definition) is 3. The molecule has 0 spiro atoms. The number of carbonyl (C=O) groups is 2. The zero-order valence-corrected chi connectivity index (χ0v) is 19.0. The molecular weight excluding hydrogens is 421 g/mol. The molecule has 0 radical (unpaired) electrons. The fraction of sp³-hybridized carbons (Fsp3) is 0.462. The van der Waals surface area contributed by atoms with E-state index < -0.39 is 5.54 Å². The minimum absolute atomic E-state index is 0.123. The van der Waals surface area contributed by atoms with Crippen molar-refractivity contribution in [2.45, 2.75) is 76.5 Å². The summed E-state index contributed by atoms with van der Waals surface area (Å²) in [7, 11) is 0. The Bertz CT molecular complexity index is 1160. The Labute approximate surface area is 192 Å². The molecule has 6 nitrogen and oxygen atoms in total. The van der Waals surface area contributed by atoms with Crippen LogP contribution in [0.5, 0.6) is 0 Å². The number of furan rings is 1. The molecule has 174 valence electrons. The number of nitrogens with one attached hydrogen (secondary N) is 1. The number of halogens is 1. The second kappa shape index (κ2) is 8.69. The van der Waals surface area contributed by atoms with Crippen LogP contribution in [0.4, 0.5) is 4.39 Å². The van der Waals surface area contributed by atoms with Crippen molar-refractivity contribution in [2.24, 2.45) is 0 Å². The molecule has 33 heavy (non-hydrogen) atoms. The molecule has 0 saturated heterocycles. The van der Waals surface area contributed by atoms with Crippen molar-refractivity contribution >= 4 is 22.9 Å². The van der Waals surface area contributed by atoms with Crippen molar-refractivity contribution in [2.75, 3.05) is 0 Å². The Balaban J connectivity index is 1.49. The first-order valence-electron chi connectivity index (χ1n) is 11.9. The van der Waals surface area contributed by atoms with Crippen molar-refractivity contribution in [3.63, 3.8) is 0 Å². The average molecular weight is 452 g/mol. The van der Waals surface area contributed by atoms with E-state index in [1.54, 1.807) is 29.4 Å². The number of rotatable bonds is 4. The fourth-order valence-electron chi connectivity index (χ4n) is 5.23. The molecular formula is C26H30FN3O3. The molecule has 1 unspecified atom stereocenters. The van der Waals surface area contributed by atoms with Crippen LogP contribution in [0.2, 0.25) is 0 Å². The van der Waals surface area contributed by atoms with Crippen LogP contribution in [0.15, 0.2) is 47.1 Å². The van der Waals surface area contributed by atoms with E-state index in [9.17, 15) is 14.0 Å². The Morgan fingerprint density at radius 3 is 2.55 bits per heavy atom. The summed E-state index contributed by atoms with van der Waals surface area (Å²) in [5.41, 5.74) is 1.62. The van der Waals surface area contributed by atoms with Crippen LogP contribution >= 0.6 is 0 Å². The number of fused-ring (bicyclic) bond motifs is 3. The highest BCUT2D eigenvalue weighted by atomic mass is 19.1. The smallest absolute Gasteiger partial charge is 0.271 e. The highest BCUT2D eigenvalue weighted by molar-refractivity contribution is 6.02. The summed E-state index contributed by atoms with van der Waals surface area (Å²) >= 11 is 0. The average Bonchev–Trinajstić information content (AvgIpc) is 3.36. The first-order chi connectivity index (χ1) is 16.0. The summed E-state index contributed by atoms with van der Waals surface area (Å²) in [5.74, 6) is -0.699. The molecule has 1 fully saturated rings. The van der Waals surface area contributed by atoms with Crippen molar-refractivity contribution in [1.82, 2.24) is 14.8 Å². The molecule has 0 bridgehead atoms. The molecule has 5 rings (SSSR count). The fourth-order valence-corrected chi connectivity index (χ4v) is 5.23. The first-order valence-corrected chi connectivity index (χ1v) is 11.9. The molecule has 1 aliphatic carbocycles. The SMILES string of the molecule is CC1(C(=O)NC2CCCCCCC2)Cn2c(cc3occc32)C(=O)N1Cc1ccc(F)cc1. The molecule has 1 N–H and O–H groups in total. The van der Waals surface area contributed by atoms with Crippen LogP contribution in [0.3, 0.4) is 0 Å². The highest BCUT2D eigenvalue weighted by Gasteiger charge is 2.48. The van der Waals surface area contributed by atoms with Gasteiger partial charge in [-0.05, 0) is 37.5 Å². The second-order valence-electron chi connectivity index (χ2n) is 9.59. The van der Waals surface area contributed by atoms with Gasteiger partial charge in [0.2, 0.25) is 5.91 Å². The lowest BCUT2D eigenvalue weighted by atomic mass is 9.91. The van der Waals surface area contributed by atoms with Gasteiger partial charge in [-0.1, -0.05) is 44.2 Å². The number of nitrogens with zero attached hydrogens (tertiary/aromatic N) is 2. The van der Waals surface area contributed by atoms with Crippen LogP contribution in [-0.4, -0.2) is 32.9 Å². The number of amides is 2. The third-order valence-electron chi connectivity index (χ3n) is 7.23. The Hall–Kier alpha value is -3.09. The normalized spacial score (nSPS) is 22.1. The van der Waals surface area contributed by atoms with Crippen LogP contribution in [0.1, 0.15) is 67.9 Å². The van der Waals surface area contributed by atoms with Crippen LogP contribution in [0.25, 0.3) is 11.1 Å². The highest BCUT2D eigenvalue weighted by Crippen LogP contribution is 2.34. The molecule has 2 amide bonds. The predicted molar refractivity (Wildman–Crippen MR) is 123 cm³/mol. The van der Waals surface area contributed by atoms with E-state index in [2.05, 4.69) is 5.32 Å². The molecule has 3 aromatic rings. The molecule has 1 aliphatic heterocycles. The first kappa shape index (κ1) is 21.7. The monoisotopic (exact) mass is 451 g/mol. The number of carbonyl (C=O) groups excluding carboxylic acids is 2. The zero-order chi connectivity index (χ0) is 23.0. The summed E-state index contributed by atoms with van der Waals surface area (Å²) in [6, 6.07) is 9.77. The maximum Gasteiger partial charge on any atom is 0.271 e. The maximum absolute atomic E-state index is 13.8. The van der Waals surface area contributed by atoms with Gasteiger partial charge in [-0.2, -0.15) is 0 Å². The Morgan fingerprint density at radius 1 is 1.12 bits per heavy atom. The van der Waals surface area contributed by atoms with Crippen molar-refractivity contribution in [1.29, 1.82) is 0 Å². The van der Waals surface area contributed by atoms with Gasteiger partial charge in [0.1, 0.15) is 17.1 Å². The summed E-state index contributed by atoms with van der Waals surface area (Å²) in [6.45, 7) is 2.39. The molecule has 2 aliphatic rings. The molecule has 1 saturated carbocycles. The van der Waals surface area contributed by atoms with Gasteiger partial charge in [0.25, 0.3) is 5.91 Å². The zero-order valence-electron chi connectivity index (χ0n) is 19.0. The third kappa shape index (κ3) is 4.05. The minimum Gasteiger partial charge on any atom is -0.463 e. The van der Waals surface area contributed by atoms with E-state index >= 15 is 0 Å². The topological polar surface area (TPSA) is 67.5 Å². The molecule has 1 atom stereocenters. The lowest BCUT2D eigenvalue weighted by molar-refractivity contribution is -0.134. The van der Waals surface area contributed by atoms with Gasteiger partial charge in [-0.25, -0.2) is 4.39 Å². The van der Waals surface area contributed by atoms with Crippen LogP contribution < -0.4 is 5.32 Å². The lowest BCUT2D eigenvalue weighted by Crippen LogP contribution is -2.64.